The molecular formula is C18H17F3N2O3. The van der Waals surface area contributed by atoms with Crippen LogP contribution in [0.3, 0.4) is 0 Å². The number of alkyl halides is 3. The van der Waals surface area contributed by atoms with Crippen molar-refractivity contribution in [2.45, 2.75) is 31.5 Å². The smallest absolute Gasteiger partial charge is 0.418 e. The van der Waals surface area contributed by atoms with Gasteiger partial charge in [0.2, 0.25) is 0 Å². The van der Waals surface area contributed by atoms with Crippen molar-refractivity contribution in [2.24, 2.45) is 0 Å². The number of halogens is 3. The molecule has 8 heteroatoms. The van der Waals surface area contributed by atoms with Crippen molar-refractivity contribution < 1.29 is 27.9 Å². The van der Waals surface area contributed by atoms with Crippen LogP contribution in [-0.4, -0.2) is 28.0 Å². The van der Waals surface area contributed by atoms with Gasteiger partial charge in [-0.1, -0.05) is 30.3 Å². The van der Waals surface area contributed by atoms with Crippen molar-refractivity contribution in [1.29, 1.82) is 0 Å². The zero-order valence-electron chi connectivity index (χ0n) is 13.7. The number of nitrogens with one attached hydrogen (secondary N) is 1. The molecule has 1 aromatic heterocycles. The van der Waals surface area contributed by atoms with Crippen molar-refractivity contribution in [3.63, 3.8) is 0 Å². The van der Waals surface area contributed by atoms with Gasteiger partial charge in [0.25, 0.3) is 5.91 Å². The van der Waals surface area contributed by atoms with Gasteiger partial charge in [-0.3, -0.25) is 14.6 Å². The number of aliphatic carboxylic acids is 1. The summed E-state index contributed by atoms with van der Waals surface area (Å²) in [5.74, 6) is -2.03. The molecule has 0 saturated carbocycles. The summed E-state index contributed by atoms with van der Waals surface area (Å²) >= 11 is 0. The number of hydrogen-bond donors (Lipinski definition) is 2. The van der Waals surface area contributed by atoms with Gasteiger partial charge in [-0.15, -0.1) is 0 Å². The third-order valence-corrected chi connectivity index (χ3v) is 3.69. The van der Waals surface area contributed by atoms with Crippen molar-refractivity contribution in [3.8, 4) is 0 Å². The van der Waals surface area contributed by atoms with Gasteiger partial charge in [-0.25, -0.2) is 0 Å². The summed E-state index contributed by atoms with van der Waals surface area (Å²) in [5.41, 5.74) is -1.03. The van der Waals surface area contributed by atoms with Crippen LogP contribution in [0.25, 0.3) is 0 Å². The molecule has 1 heterocycles. The minimum atomic E-state index is -4.71. The average Bonchev–Trinajstić information content (AvgIpc) is 2.59. The molecule has 0 aliphatic heterocycles. The van der Waals surface area contributed by atoms with Crippen molar-refractivity contribution in [1.82, 2.24) is 10.3 Å². The van der Waals surface area contributed by atoms with E-state index in [1.165, 1.54) is 0 Å². The monoisotopic (exact) mass is 366 g/mol. The van der Waals surface area contributed by atoms with E-state index < -0.39 is 35.4 Å². The molecule has 0 bridgehead atoms. The Morgan fingerprint density at radius 3 is 2.42 bits per heavy atom. The fourth-order valence-electron chi connectivity index (χ4n) is 2.49. The first-order valence-corrected chi connectivity index (χ1v) is 7.86. The summed E-state index contributed by atoms with van der Waals surface area (Å²) in [6.45, 7) is 0. The van der Waals surface area contributed by atoms with Gasteiger partial charge in [-0.2, -0.15) is 13.2 Å². The molecule has 0 spiro atoms. The van der Waals surface area contributed by atoms with E-state index in [-0.39, 0.29) is 12.8 Å². The number of pyridine rings is 1. The molecule has 0 aliphatic carbocycles. The van der Waals surface area contributed by atoms with Crippen molar-refractivity contribution in [3.05, 3.63) is 65.5 Å². The summed E-state index contributed by atoms with van der Waals surface area (Å²) < 4.78 is 39.1. The molecule has 1 amide bonds. The quantitative estimate of drug-likeness (QED) is 0.788. The number of carbonyl (C=O) groups excluding carboxylic acids is 1. The van der Waals surface area contributed by atoms with Crippen LogP contribution in [-0.2, 0) is 17.4 Å². The van der Waals surface area contributed by atoms with Gasteiger partial charge in [-0.05, 0) is 30.5 Å². The molecule has 0 radical (unpaired) electrons. The van der Waals surface area contributed by atoms with E-state index in [1.807, 2.05) is 0 Å². The number of carbonyl (C=O) groups is 2. The van der Waals surface area contributed by atoms with Crippen LogP contribution in [0.2, 0.25) is 0 Å². The number of carboxylic acid groups (broad SMARTS) is 1. The lowest BCUT2D eigenvalue weighted by Crippen LogP contribution is -2.38. The Bertz CT molecular complexity index is 764. The summed E-state index contributed by atoms with van der Waals surface area (Å²) in [4.78, 5) is 26.7. The fraction of sp³-hybridized carbons (Fsp3) is 0.278. The Morgan fingerprint density at radius 1 is 1.12 bits per heavy atom. The number of rotatable bonds is 7. The van der Waals surface area contributed by atoms with Crippen LogP contribution in [0, 0.1) is 0 Å². The van der Waals surface area contributed by atoms with Gasteiger partial charge in [0.15, 0.2) is 0 Å². The highest BCUT2D eigenvalue weighted by molar-refractivity contribution is 5.94. The molecule has 5 nitrogen and oxygen atoms in total. The fourth-order valence-corrected chi connectivity index (χ4v) is 2.49. The molecule has 0 saturated heterocycles. The summed E-state index contributed by atoms with van der Waals surface area (Å²) in [7, 11) is 0. The topological polar surface area (TPSA) is 79.3 Å². The maximum Gasteiger partial charge on any atom is 0.418 e. The molecule has 26 heavy (non-hydrogen) atoms. The Balaban J connectivity index is 2.19. The lowest BCUT2D eigenvalue weighted by Gasteiger charge is -2.19. The SMILES string of the molecule is O=C(O)CCC(Cc1ccccc1)NC(=O)c1ncccc1C(F)(F)F. The number of amides is 1. The zero-order chi connectivity index (χ0) is 19.2. The van der Waals surface area contributed by atoms with Crippen LogP contribution in [0.1, 0.15) is 34.5 Å². The molecule has 0 fully saturated rings. The van der Waals surface area contributed by atoms with E-state index in [4.69, 9.17) is 5.11 Å². The van der Waals surface area contributed by atoms with Crippen LogP contribution in [0.15, 0.2) is 48.7 Å². The van der Waals surface area contributed by atoms with Crippen LogP contribution < -0.4 is 5.32 Å². The first-order chi connectivity index (χ1) is 12.3. The molecule has 1 atom stereocenters. The van der Waals surface area contributed by atoms with Crippen LogP contribution >= 0.6 is 0 Å². The molecule has 1 unspecified atom stereocenters. The van der Waals surface area contributed by atoms with Gasteiger partial charge in [0.1, 0.15) is 5.69 Å². The minimum absolute atomic E-state index is 0.0875. The standard InChI is InChI=1S/C18H17F3N2O3/c19-18(20,21)14-7-4-10-22-16(14)17(26)23-13(8-9-15(24)25)11-12-5-2-1-3-6-12/h1-7,10,13H,8-9,11H2,(H,23,26)(H,24,25). The van der Waals surface area contributed by atoms with E-state index in [9.17, 15) is 22.8 Å². The largest absolute Gasteiger partial charge is 0.481 e. The molecule has 2 N–H and O–H groups in total. The number of aromatic nitrogens is 1. The molecule has 2 rings (SSSR count). The highest BCUT2D eigenvalue weighted by atomic mass is 19.4. The maximum absolute atomic E-state index is 13.0. The van der Waals surface area contributed by atoms with Crippen molar-refractivity contribution >= 4 is 11.9 Å². The second-order valence-electron chi connectivity index (χ2n) is 5.69. The van der Waals surface area contributed by atoms with Gasteiger partial charge in [0.05, 0.1) is 5.56 Å². The Hall–Kier alpha value is -2.90. The molecule has 2 aromatic rings. The zero-order valence-corrected chi connectivity index (χ0v) is 13.7. The van der Waals surface area contributed by atoms with E-state index in [0.717, 1.165) is 23.9 Å². The van der Waals surface area contributed by atoms with Crippen molar-refractivity contribution in [2.75, 3.05) is 0 Å². The normalized spacial score (nSPS) is 12.4. The molecule has 0 aliphatic rings. The molecular weight excluding hydrogens is 349 g/mol. The lowest BCUT2D eigenvalue weighted by atomic mass is 10.0. The van der Waals surface area contributed by atoms with Gasteiger partial charge >= 0.3 is 12.1 Å². The Morgan fingerprint density at radius 2 is 1.81 bits per heavy atom. The van der Waals surface area contributed by atoms with Gasteiger partial charge < -0.3 is 10.4 Å². The second-order valence-corrected chi connectivity index (χ2v) is 5.69. The predicted molar refractivity (Wildman–Crippen MR) is 87.5 cm³/mol. The van der Waals surface area contributed by atoms with E-state index in [2.05, 4.69) is 10.3 Å². The molecule has 1 aromatic carbocycles. The second kappa shape index (κ2) is 8.46. The highest BCUT2D eigenvalue weighted by Crippen LogP contribution is 2.31. The lowest BCUT2D eigenvalue weighted by molar-refractivity contribution is -0.138. The predicted octanol–water partition coefficient (Wildman–Crippen LogP) is 3.31. The first-order valence-electron chi connectivity index (χ1n) is 7.86. The number of nitrogens with zero attached hydrogens (tertiary/aromatic N) is 1. The number of benzene rings is 1. The third-order valence-electron chi connectivity index (χ3n) is 3.69. The first kappa shape index (κ1) is 19.4. The Labute approximate surface area is 147 Å². The number of hydrogen-bond acceptors (Lipinski definition) is 3. The van der Waals surface area contributed by atoms with Crippen LogP contribution in [0.5, 0.6) is 0 Å². The summed E-state index contributed by atoms with van der Waals surface area (Å²) in [5, 5.41) is 11.3. The van der Waals surface area contributed by atoms with E-state index in [1.54, 1.807) is 30.3 Å². The van der Waals surface area contributed by atoms with Crippen LogP contribution in [0.4, 0.5) is 13.2 Å². The average molecular weight is 366 g/mol. The molecule has 138 valence electrons. The summed E-state index contributed by atoms with van der Waals surface area (Å²) in [6, 6.07) is 10.2. The third kappa shape index (κ3) is 5.58. The number of carboxylic acids is 1. The maximum atomic E-state index is 13.0. The van der Waals surface area contributed by atoms with Gasteiger partial charge in [0, 0.05) is 18.7 Å². The minimum Gasteiger partial charge on any atom is -0.481 e. The summed E-state index contributed by atoms with van der Waals surface area (Å²) in [6.07, 6.45) is -3.44. The van der Waals surface area contributed by atoms with E-state index >= 15 is 0 Å². The Kier molecular flexibility index (Phi) is 6.32. The van der Waals surface area contributed by atoms with E-state index in [0.29, 0.717) is 6.42 Å². The highest BCUT2D eigenvalue weighted by Gasteiger charge is 2.36.